The van der Waals surface area contributed by atoms with Crippen LogP contribution < -0.4 is 5.56 Å². The van der Waals surface area contributed by atoms with Crippen LogP contribution in [0.5, 0.6) is 0 Å². The molecule has 3 nitrogen and oxygen atoms in total. The molecule has 1 fully saturated rings. The zero-order chi connectivity index (χ0) is 7.84. The Labute approximate surface area is 64.5 Å². The predicted octanol–water partition coefficient (Wildman–Crippen LogP) is 0.893. The molecule has 0 bridgehead atoms. The van der Waals surface area contributed by atoms with E-state index in [2.05, 4.69) is 16.9 Å². The molecule has 1 aromatic heterocycles. The number of aromatic amines is 1. The maximum absolute atomic E-state index is 10.8. The molecule has 0 aromatic carbocycles. The van der Waals surface area contributed by atoms with Crippen molar-refractivity contribution in [1.82, 2.24) is 9.97 Å². The third-order valence-electron chi connectivity index (χ3n) is 2.15. The number of aromatic nitrogens is 2. The van der Waals surface area contributed by atoms with Gasteiger partial charge >= 0.3 is 0 Å². The molecule has 0 radical (unpaired) electrons. The molecule has 1 saturated carbocycles. The predicted molar refractivity (Wildman–Crippen MR) is 41.4 cm³/mol. The van der Waals surface area contributed by atoms with Gasteiger partial charge in [0.25, 0.3) is 5.56 Å². The summed E-state index contributed by atoms with van der Waals surface area (Å²) in [6, 6.07) is 1.44. The Kier molecular flexibility index (Phi) is 1.31. The number of hydrogen-bond donors (Lipinski definition) is 1. The first-order valence-corrected chi connectivity index (χ1v) is 3.82. The van der Waals surface area contributed by atoms with Crippen molar-refractivity contribution in [3.05, 3.63) is 28.4 Å². The lowest BCUT2D eigenvalue weighted by Gasteiger charge is -1.93. The summed E-state index contributed by atoms with van der Waals surface area (Å²) >= 11 is 0. The number of hydrogen-bond acceptors (Lipinski definition) is 2. The minimum absolute atomic E-state index is 0.0471. The van der Waals surface area contributed by atoms with E-state index < -0.39 is 0 Å². The Hall–Kier alpha value is -1.12. The van der Waals surface area contributed by atoms with Crippen LogP contribution in [0, 0.1) is 5.92 Å². The molecular formula is C8H10N2O. The van der Waals surface area contributed by atoms with E-state index in [0.29, 0.717) is 11.8 Å². The van der Waals surface area contributed by atoms with Crippen LogP contribution in [0.15, 0.2) is 17.1 Å². The molecule has 0 aliphatic heterocycles. The Balaban J connectivity index is 2.32. The van der Waals surface area contributed by atoms with E-state index in [1.807, 2.05) is 0 Å². The summed E-state index contributed by atoms with van der Waals surface area (Å²) in [6.45, 7) is 2.16. The Morgan fingerprint density at radius 1 is 1.73 bits per heavy atom. The fourth-order valence-corrected chi connectivity index (χ4v) is 1.28. The molecule has 3 heteroatoms. The fourth-order valence-electron chi connectivity index (χ4n) is 1.28. The molecule has 0 saturated heterocycles. The van der Waals surface area contributed by atoms with Crippen LogP contribution >= 0.6 is 0 Å². The minimum Gasteiger partial charge on any atom is -0.310 e. The van der Waals surface area contributed by atoms with Crippen molar-refractivity contribution in [3.8, 4) is 0 Å². The fraction of sp³-hybridized carbons (Fsp3) is 0.500. The molecule has 1 aliphatic rings. The standard InChI is InChI=1S/C8H10N2O/c1-5-4-6(5)8-9-3-2-7(11)10-8/h2-3,5-6H,4H2,1H3,(H,9,10,11)/t5-,6-/m1/s1. The monoisotopic (exact) mass is 150 g/mol. The first-order valence-electron chi connectivity index (χ1n) is 3.82. The zero-order valence-electron chi connectivity index (χ0n) is 6.37. The molecule has 1 aliphatic carbocycles. The first-order chi connectivity index (χ1) is 5.27. The molecule has 2 atom stereocenters. The summed E-state index contributed by atoms with van der Waals surface area (Å²) in [7, 11) is 0. The molecule has 1 N–H and O–H groups in total. The Morgan fingerprint density at radius 3 is 3.00 bits per heavy atom. The van der Waals surface area contributed by atoms with Gasteiger partial charge in [0.1, 0.15) is 5.82 Å². The number of nitrogens with zero attached hydrogens (tertiary/aromatic N) is 1. The maximum Gasteiger partial charge on any atom is 0.250 e. The largest absolute Gasteiger partial charge is 0.310 e. The highest BCUT2D eigenvalue weighted by molar-refractivity contribution is 5.08. The molecule has 0 amide bonds. The average molecular weight is 150 g/mol. The van der Waals surface area contributed by atoms with Gasteiger partial charge in [-0.2, -0.15) is 0 Å². The van der Waals surface area contributed by atoms with Crippen LogP contribution in [0.1, 0.15) is 25.1 Å². The van der Waals surface area contributed by atoms with E-state index in [0.717, 1.165) is 12.2 Å². The third-order valence-corrected chi connectivity index (χ3v) is 2.15. The van der Waals surface area contributed by atoms with Crippen LogP contribution in [0.3, 0.4) is 0 Å². The molecule has 1 heterocycles. The van der Waals surface area contributed by atoms with Gasteiger partial charge < -0.3 is 4.98 Å². The lowest BCUT2D eigenvalue weighted by molar-refractivity contribution is 0.833. The highest BCUT2D eigenvalue weighted by Crippen LogP contribution is 2.44. The first kappa shape index (κ1) is 6.58. The van der Waals surface area contributed by atoms with Crippen LogP contribution in [0.4, 0.5) is 0 Å². The molecule has 1 aromatic rings. The zero-order valence-corrected chi connectivity index (χ0v) is 6.37. The van der Waals surface area contributed by atoms with Crippen LogP contribution in [-0.2, 0) is 0 Å². The van der Waals surface area contributed by atoms with Crippen molar-refractivity contribution < 1.29 is 0 Å². The highest BCUT2D eigenvalue weighted by Gasteiger charge is 2.35. The van der Waals surface area contributed by atoms with Crippen LogP contribution in [-0.4, -0.2) is 9.97 Å². The quantitative estimate of drug-likeness (QED) is 0.646. The van der Waals surface area contributed by atoms with E-state index in [9.17, 15) is 4.79 Å². The average Bonchev–Trinajstić information content (AvgIpc) is 2.67. The summed E-state index contributed by atoms with van der Waals surface area (Å²) in [4.78, 5) is 17.7. The summed E-state index contributed by atoms with van der Waals surface area (Å²) < 4.78 is 0. The number of nitrogens with one attached hydrogen (secondary N) is 1. The van der Waals surface area contributed by atoms with E-state index in [4.69, 9.17) is 0 Å². The van der Waals surface area contributed by atoms with Crippen molar-refractivity contribution in [1.29, 1.82) is 0 Å². The normalized spacial score (nSPS) is 28.5. The second kappa shape index (κ2) is 2.19. The topological polar surface area (TPSA) is 45.8 Å². The molecule has 58 valence electrons. The van der Waals surface area contributed by atoms with Crippen molar-refractivity contribution in [2.24, 2.45) is 5.92 Å². The van der Waals surface area contributed by atoms with Crippen molar-refractivity contribution >= 4 is 0 Å². The van der Waals surface area contributed by atoms with Crippen molar-refractivity contribution in [2.75, 3.05) is 0 Å². The molecule has 2 rings (SSSR count). The molecule has 11 heavy (non-hydrogen) atoms. The van der Waals surface area contributed by atoms with Gasteiger partial charge in [0, 0.05) is 18.2 Å². The van der Waals surface area contributed by atoms with Gasteiger partial charge in [-0.15, -0.1) is 0 Å². The van der Waals surface area contributed by atoms with Crippen LogP contribution in [0.2, 0.25) is 0 Å². The SMILES string of the molecule is C[C@@H]1C[C@H]1c1nccc(=O)[nH]1. The van der Waals surface area contributed by atoms with Gasteiger partial charge in [0.2, 0.25) is 0 Å². The molecule has 0 unspecified atom stereocenters. The van der Waals surface area contributed by atoms with Crippen molar-refractivity contribution in [3.63, 3.8) is 0 Å². The molecular weight excluding hydrogens is 140 g/mol. The van der Waals surface area contributed by atoms with E-state index in [-0.39, 0.29) is 5.56 Å². The summed E-state index contributed by atoms with van der Waals surface area (Å²) in [5.41, 5.74) is -0.0471. The van der Waals surface area contributed by atoms with Gasteiger partial charge in [0.05, 0.1) is 0 Å². The van der Waals surface area contributed by atoms with Crippen LogP contribution in [0.25, 0.3) is 0 Å². The summed E-state index contributed by atoms with van der Waals surface area (Å²) in [6.07, 6.45) is 2.73. The smallest absolute Gasteiger partial charge is 0.250 e. The lowest BCUT2D eigenvalue weighted by atomic mass is 10.3. The second-order valence-corrected chi connectivity index (χ2v) is 3.14. The van der Waals surface area contributed by atoms with Gasteiger partial charge in [0.15, 0.2) is 0 Å². The maximum atomic E-state index is 10.8. The summed E-state index contributed by atoms with van der Waals surface area (Å²) in [5.74, 6) is 2.05. The van der Waals surface area contributed by atoms with Gasteiger partial charge in [-0.25, -0.2) is 4.98 Å². The summed E-state index contributed by atoms with van der Waals surface area (Å²) in [5, 5.41) is 0. The Bertz CT molecular complexity index is 318. The van der Waals surface area contributed by atoms with Gasteiger partial charge in [-0.3, -0.25) is 4.79 Å². The van der Waals surface area contributed by atoms with Gasteiger partial charge in [-0.05, 0) is 12.3 Å². The number of H-pyrrole nitrogens is 1. The third kappa shape index (κ3) is 1.18. The van der Waals surface area contributed by atoms with E-state index in [1.54, 1.807) is 6.20 Å². The number of rotatable bonds is 1. The lowest BCUT2D eigenvalue weighted by Crippen LogP contribution is -2.07. The van der Waals surface area contributed by atoms with E-state index in [1.165, 1.54) is 6.07 Å². The minimum atomic E-state index is -0.0471. The second-order valence-electron chi connectivity index (χ2n) is 3.14. The van der Waals surface area contributed by atoms with E-state index >= 15 is 0 Å². The van der Waals surface area contributed by atoms with Gasteiger partial charge in [-0.1, -0.05) is 6.92 Å². The van der Waals surface area contributed by atoms with Crippen molar-refractivity contribution in [2.45, 2.75) is 19.3 Å². The highest BCUT2D eigenvalue weighted by atomic mass is 16.1. The Morgan fingerprint density at radius 2 is 2.45 bits per heavy atom. The molecule has 0 spiro atoms.